The van der Waals surface area contributed by atoms with Crippen LogP contribution in [-0.2, 0) is 16.0 Å². The Hall–Kier alpha value is -3.42. The quantitative estimate of drug-likeness (QED) is 0.427. The number of carbonyl (C=O) groups excluding carboxylic acids is 2. The number of fused-ring (bicyclic) bond motifs is 1. The Balaban J connectivity index is 1.49. The molecule has 2 aliphatic heterocycles. The molecule has 0 spiro atoms. The molecule has 0 radical (unpaired) electrons. The molecule has 8 heteroatoms. The number of nitro benzene ring substituents is 1. The normalized spacial score (nSPS) is 16.3. The molecule has 1 amide bonds. The summed E-state index contributed by atoms with van der Waals surface area (Å²) in [5.41, 5.74) is 2.35. The predicted molar refractivity (Wildman–Crippen MR) is 112 cm³/mol. The van der Waals surface area contributed by atoms with E-state index in [-0.39, 0.29) is 17.2 Å². The Morgan fingerprint density at radius 2 is 1.80 bits per heavy atom. The zero-order valence-corrected chi connectivity index (χ0v) is 16.7. The van der Waals surface area contributed by atoms with Gasteiger partial charge in [-0.15, -0.1) is 0 Å². The molecule has 0 unspecified atom stereocenters. The van der Waals surface area contributed by atoms with Gasteiger partial charge in [-0.2, -0.15) is 0 Å². The number of esters is 1. The fourth-order valence-electron chi connectivity index (χ4n) is 4.09. The van der Waals surface area contributed by atoms with Gasteiger partial charge in [-0.3, -0.25) is 14.9 Å². The molecule has 2 aromatic carbocycles. The summed E-state index contributed by atoms with van der Waals surface area (Å²) in [6.07, 6.45) is 1.73. The van der Waals surface area contributed by atoms with Crippen LogP contribution >= 0.6 is 0 Å². The van der Waals surface area contributed by atoms with E-state index in [2.05, 4.69) is 0 Å². The third-order valence-electron chi connectivity index (χ3n) is 5.64. The van der Waals surface area contributed by atoms with Gasteiger partial charge in [-0.05, 0) is 49.9 Å². The highest BCUT2D eigenvalue weighted by atomic mass is 16.6. The molecule has 2 aromatic rings. The number of nitrogens with zero attached hydrogens (tertiary/aromatic N) is 3. The molecule has 1 saturated heterocycles. The standard InChI is InChI=1S/C22H23N3O5/c1-15(21(26)24-13-10-16-6-2-3-7-18(16)24)30-22(27)17-8-9-19(20(14-17)25(28)29)23-11-4-5-12-23/h2-3,6-9,14-15H,4-5,10-13H2,1H3/t15-/m1/s1. The van der Waals surface area contributed by atoms with E-state index in [1.807, 2.05) is 29.2 Å². The van der Waals surface area contributed by atoms with Crippen LogP contribution < -0.4 is 9.80 Å². The highest BCUT2D eigenvalue weighted by molar-refractivity contribution is 6.00. The average molecular weight is 409 g/mol. The maximum absolute atomic E-state index is 12.8. The molecule has 2 aliphatic rings. The van der Waals surface area contributed by atoms with E-state index in [1.54, 1.807) is 11.0 Å². The topological polar surface area (TPSA) is 93.0 Å². The molecule has 0 saturated carbocycles. The zero-order valence-electron chi connectivity index (χ0n) is 16.7. The van der Waals surface area contributed by atoms with Gasteiger partial charge in [-0.25, -0.2) is 4.79 Å². The van der Waals surface area contributed by atoms with E-state index in [9.17, 15) is 19.7 Å². The highest BCUT2D eigenvalue weighted by Crippen LogP contribution is 2.32. The maximum atomic E-state index is 12.8. The van der Waals surface area contributed by atoms with Crippen molar-refractivity contribution in [2.24, 2.45) is 0 Å². The highest BCUT2D eigenvalue weighted by Gasteiger charge is 2.31. The minimum Gasteiger partial charge on any atom is -0.449 e. The minimum absolute atomic E-state index is 0.0612. The van der Waals surface area contributed by atoms with Gasteiger partial charge >= 0.3 is 5.97 Å². The van der Waals surface area contributed by atoms with Crippen LogP contribution in [0.5, 0.6) is 0 Å². The van der Waals surface area contributed by atoms with Crippen molar-refractivity contribution in [2.75, 3.05) is 29.4 Å². The van der Waals surface area contributed by atoms with Crippen LogP contribution in [0.3, 0.4) is 0 Å². The van der Waals surface area contributed by atoms with Crippen molar-refractivity contribution in [1.29, 1.82) is 0 Å². The second kappa shape index (κ2) is 8.14. The van der Waals surface area contributed by atoms with Crippen LogP contribution in [0.4, 0.5) is 17.1 Å². The molecule has 1 atom stereocenters. The van der Waals surface area contributed by atoms with Crippen molar-refractivity contribution < 1.29 is 19.2 Å². The largest absolute Gasteiger partial charge is 0.449 e. The van der Waals surface area contributed by atoms with Crippen molar-refractivity contribution in [3.8, 4) is 0 Å². The van der Waals surface area contributed by atoms with Crippen molar-refractivity contribution in [3.63, 3.8) is 0 Å². The summed E-state index contributed by atoms with van der Waals surface area (Å²) in [4.78, 5) is 40.0. The molecule has 156 valence electrons. The molecule has 0 N–H and O–H groups in total. The number of ether oxygens (including phenoxy) is 1. The predicted octanol–water partition coefficient (Wildman–Crippen LogP) is 3.33. The van der Waals surface area contributed by atoms with Crippen LogP contribution in [0.15, 0.2) is 42.5 Å². The number of amides is 1. The second-order valence-electron chi connectivity index (χ2n) is 7.57. The van der Waals surface area contributed by atoms with E-state index in [0.29, 0.717) is 12.2 Å². The Morgan fingerprint density at radius 1 is 1.07 bits per heavy atom. The lowest BCUT2D eigenvalue weighted by atomic mass is 10.1. The average Bonchev–Trinajstić information content (AvgIpc) is 3.42. The minimum atomic E-state index is -0.999. The van der Waals surface area contributed by atoms with Gasteiger partial charge in [0.25, 0.3) is 11.6 Å². The van der Waals surface area contributed by atoms with Gasteiger partial charge in [0, 0.05) is 31.4 Å². The van der Waals surface area contributed by atoms with Gasteiger partial charge in [0.2, 0.25) is 0 Å². The summed E-state index contributed by atoms with van der Waals surface area (Å²) in [5.74, 6) is -1.06. The van der Waals surface area contributed by atoms with Crippen LogP contribution in [-0.4, -0.2) is 42.5 Å². The summed E-state index contributed by atoms with van der Waals surface area (Å²) in [5, 5.41) is 11.5. The van der Waals surface area contributed by atoms with Crippen molar-refractivity contribution in [2.45, 2.75) is 32.3 Å². The smallest absolute Gasteiger partial charge is 0.339 e. The first kappa shape index (κ1) is 19.9. The van der Waals surface area contributed by atoms with Crippen molar-refractivity contribution in [3.05, 3.63) is 63.7 Å². The summed E-state index contributed by atoms with van der Waals surface area (Å²) in [7, 11) is 0. The Labute approximate surface area is 174 Å². The lowest BCUT2D eigenvalue weighted by molar-refractivity contribution is -0.384. The summed E-state index contributed by atoms with van der Waals surface area (Å²) in [6.45, 7) is 3.57. The van der Waals surface area contributed by atoms with E-state index >= 15 is 0 Å². The lowest BCUT2D eigenvalue weighted by Crippen LogP contribution is -2.39. The zero-order chi connectivity index (χ0) is 21.3. The SMILES string of the molecule is C[C@@H](OC(=O)c1ccc(N2CCCC2)c([N+](=O)[O-])c1)C(=O)N1CCc2ccccc21. The second-order valence-corrected chi connectivity index (χ2v) is 7.57. The van der Waals surface area contributed by atoms with Gasteiger partial charge in [0.1, 0.15) is 5.69 Å². The molecule has 30 heavy (non-hydrogen) atoms. The number of hydrogen-bond acceptors (Lipinski definition) is 6. The van der Waals surface area contributed by atoms with E-state index in [4.69, 9.17) is 4.74 Å². The molecular weight excluding hydrogens is 386 g/mol. The van der Waals surface area contributed by atoms with Gasteiger partial charge in [0.05, 0.1) is 10.5 Å². The van der Waals surface area contributed by atoms with E-state index < -0.39 is 17.0 Å². The maximum Gasteiger partial charge on any atom is 0.339 e. The molecule has 2 heterocycles. The third-order valence-corrected chi connectivity index (χ3v) is 5.64. The lowest BCUT2D eigenvalue weighted by Gasteiger charge is -2.22. The van der Waals surface area contributed by atoms with Gasteiger partial charge in [0.15, 0.2) is 6.10 Å². The third kappa shape index (κ3) is 3.72. The Morgan fingerprint density at radius 3 is 2.53 bits per heavy atom. The molecular formula is C22H23N3O5. The van der Waals surface area contributed by atoms with Crippen LogP contribution in [0.25, 0.3) is 0 Å². The number of nitro groups is 1. The molecule has 1 fully saturated rings. The number of hydrogen-bond donors (Lipinski definition) is 0. The molecule has 0 bridgehead atoms. The Kier molecular flexibility index (Phi) is 5.39. The van der Waals surface area contributed by atoms with Gasteiger partial charge in [-0.1, -0.05) is 18.2 Å². The number of rotatable bonds is 5. The van der Waals surface area contributed by atoms with Crippen LogP contribution in [0.2, 0.25) is 0 Å². The number of anilines is 2. The first-order valence-electron chi connectivity index (χ1n) is 10.1. The van der Waals surface area contributed by atoms with Crippen molar-refractivity contribution >= 4 is 28.9 Å². The molecule has 8 nitrogen and oxygen atoms in total. The van der Waals surface area contributed by atoms with Crippen LogP contribution in [0.1, 0.15) is 35.7 Å². The van der Waals surface area contributed by atoms with E-state index in [0.717, 1.165) is 43.6 Å². The van der Waals surface area contributed by atoms with Gasteiger partial charge < -0.3 is 14.5 Å². The molecule has 0 aliphatic carbocycles. The Bertz CT molecular complexity index is 1000. The van der Waals surface area contributed by atoms with E-state index in [1.165, 1.54) is 19.1 Å². The van der Waals surface area contributed by atoms with Crippen molar-refractivity contribution in [1.82, 2.24) is 0 Å². The fraction of sp³-hybridized carbons (Fsp3) is 0.364. The first-order valence-corrected chi connectivity index (χ1v) is 10.1. The molecule has 4 rings (SSSR count). The molecule has 0 aromatic heterocycles. The number of benzene rings is 2. The summed E-state index contributed by atoms with van der Waals surface area (Å²) in [6, 6.07) is 12.0. The number of para-hydroxylation sites is 1. The fourth-order valence-corrected chi connectivity index (χ4v) is 4.09. The monoisotopic (exact) mass is 409 g/mol. The summed E-state index contributed by atoms with van der Waals surface area (Å²) < 4.78 is 5.36. The summed E-state index contributed by atoms with van der Waals surface area (Å²) >= 11 is 0. The van der Waals surface area contributed by atoms with Crippen LogP contribution in [0, 0.1) is 10.1 Å². The number of carbonyl (C=O) groups is 2. The first-order chi connectivity index (χ1) is 14.5.